The summed E-state index contributed by atoms with van der Waals surface area (Å²) in [7, 11) is 0. The number of hydrogen-bond donors (Lipinski definition) is 0. The minimum absolute atomic E-state index is 0.0141. The van der Waals surface area contributed by atoms with E-state index >= 15 is 0 Å². The van der Waals surface area contributed by atoms with E-state index in [-0.39, 0.29) is 11.6 Å². The van der Waals surface area contributed by atoms with E-state index in [2.05, 4.69) is 5.16 Å². The van der Waals surface area contributed by atoms with E-state index in [4.69, 9.17) is 16.1 Å². The van der Waals surface area contributed by atoms with Crippen LogP contribution in [0.2, 0.25) is 0 Å². The zero-order valence-corrected chi connectivity index (χ0v) is 8.85. The molecule has 1 heterocycles. The van der Waals surface area contributed by atoms with Crippen molar-refractivity contribution < 1.29 is 9.45 Å². The van der Waals surface area contributed by atoms with Crippen molar-refractivity contribution in [3.05, 3.63) is 46.1 Å². The zero-order chi connectivity index (χ0) is 11.5. The molecule has 6 heteroatoms. The minimum Gasteiger partial charge on any atom is -0.356 e. The number of nitrogens with zero attached hydrogens (tertiary/aromatic N) is 2. The van der Waals surface area contributed by atoms with E-state index < -0.39 is 4.92 Å². The molecule has 0 saturated heterocycles. The third kappa shape index (κ3) is 1.90. The molecule has 2 aromatic rings. The molecular weight excluding hydrogens is 232 g/mol. The van der Waals surface area contributed by atoms with Crippen LogP contribution in [-0.4, -0.2) is 10.1 Å². The van der Waals surface area contributed by atoms with Crippen LogP contribution in [0.5, 0.6) is 0 Å². The number of para-hydroxylation sites is 1. The predicted octanol–water partition coefficient (Wildman–Crippen LogP) is 2.99. The first-order valence-corrected chi connectivity index (χ1v) is 5.01. The van der Waals surface area contributed by atoms with Crippen LogP contribution in [0.15, 0.2) is 34.9 Å². The van der Waals surface area contributed by atoms with Crippen LogP contribution in [-0.2, 0) is 5.88 Å². The molecule has 82 valence electrons. The fraction of sp³-hybridized carbons (Fsp3) is 0.100. The summed E-state index contributed by atoms with van der Waals surface area (Å²) < 4.78 is 4.99. The number of halogens is 1. The maximum atomic E-state index is 10.8. The number of benzene rings is 1. The third-order valence-electron chi connectivity index (χ3n) is 2.06. The molecular formula is C10H7ClN2O3. The van der Waals surface area contributed by atoms with Gasteiger partial charge in [0.25, 0.3) is 5.69 Å². The fourth-order valence-electron chi connectivity index (χ4n) is 1.34. The van der Waals surface area contributed by atoms with Gasteiger partial charge in [-0.2, -0.15) is 0 Å². The van der Waals surface area contributed by atoms with E-state index in [0.717, 1.165) is 0 Å². The Morgan fingerprint density at radius 3 is 2.81 bits per heavy atom. The first-order chi connectivity index (χ1) is 7.72. The number of alkyl halides is 1. The number of rotatable bonds is 3. The highest BCUT2D eigenvalue weighted by molar-refractivity contribution is 6.16. The molecule has 0 aliphatic heterocycles. The second-order valence-corrected chi connectivity index (χ2v) is 3.36. The van der Waals surface area contributed by atoms with Gasteiger partial charge < -0.3 is 4.52 Å². The average Bonchev–Trinajstić information content (AvgIpc) is 2.77. The lowest BCUT2D eigenvalue weighted by molar-refractivity contribution is -0.384. The average molecular weight is 239 g/mol. The number of nitro groups is 1. The Morgan fingerprint density at radius 2 is 2.19 bits per heavy atom. The Balaban J connectivity index is 2.50. The van der Waals surface area contributed by atoms with E-state index in [1.54, 1.807) is 24.3 Å². The summed E-state index contributed by atoms with van der Waals surface area (Å²) in [5, 5.41) is 14.5. The minimum atomic E-state index is -0.460. The maximum absolute atomic E-state index is 10.8. The molecule has 0 unspecified atom stereocenters. The second-order valence-electron chi connectivity index (χ2n) is 3.09. The summed E-state index contributed by atoms with van der Waals surface area (Å²) in [5.41, 5.74) is 0.936. The van der Waals surface area contributed by atoms with Crippen LogP contribution in [0.4, 0.5) is 5.69 Å². The number of hydrogen-bond acceptors (Lipinski definition) is 4. The first kappa shape index (κ1) is 10.6. The van der Waals surface area contributed by atoms with Crippen LogP contribution in [0.3, 0.4) is 0 Å². The van der Waals surface area contributed by atoms with Crippen molar-refractivity contribution in [3.8, 4) is 11.3 Å². The zero-order valence-electron chi connectivity index (χ0n) is 8.09. The van der Waals surface area contributed by atoms with Crippen molar-refractivity contribution >= 4 is 17.3 Å². The van der Waals surface area contributed by atoms with Crippen LogP contribution < -0.4 is 0 Å². The molecule has 0 fully saturated rings. The Bertz CT molecular complexity index is 524. The Labute approximate surface area is 95.8 Å². The van der Waals surface area contributed by atoms with Crippen molar-refractivity contribution in [2.24, 2.45) is 0 Å². The summed E-state index contributed by atoms with van der Waals surface area (Å²) in [6.45, 7) is 0. The number of aromatic nitrogens is 1. The van der Waals surface area contributed by atoms with Gasteiger partial charge in [0, 0.05) is 12.1 Å². The van der Waals surface area contributed by atoms with Crippen molar-refractivity contribution in [2.45, 2.75) is 5.88 Å². The summed E-state index contributed by atoms with van der Waals surface area (Å²) >= 11 is 5.57. The summed E-state index contributed by atoms with van der Waals surface area (Å²) in [4.78, 5) is 10.3. The molecule has 0 atom stereocenters. The maximum Gasteiger partial charge on any atom is 0.280 e. The van der Waals surface area contributed by atoms with E-state index in [9.17, 15) is 10.1 Å². The van der Waals surface area contributed by atoms with E-state index in [0.29, 0.717) is 17.0 Å². The highest BCUT2D eigenvalue weighted by Gasteiger charge is 2.17. The normalized spacial score (nSPS) is 10.3. The smallest absolute Gasteiger partial charge is 0.280 e. The van der Waals surface area contributed by atoms with Gasteiger partial charge in [0.15, 0.2) is 5.76 Å². The fourth-order valence-corrected chi connectivity index (χ4v) is 1.47. The predicted molar refractivity (Wildman–Crippen MR) is 58.2 cm³/mol. The SMILES string of the molecule is O=[N+]([O-])c1ccccc1-c1cc(CCl)no1. The van der Waals surface area contributed by atoms with E-state index in [1.807, 2.05) is 0 Å². The van der Waals surface area contributed by atoms with Gasteiger partial charge in [0.05, 0.1) is 22.1 Å². The summed E-state index contributed by atoms with van der Waals surface area (Å²) in [5.74, 6) is 0.562. The standard InChI is InChI=1S/C10H7ClN2O3/c11-6-7-5-10(16-12-7)8-3-1-2-4-9(8)13(14)15/h1-5H,6H2. The van der Waals surface area contributed by atoms with Crippen LogP contribution in [0.1, 0.15) is 5.69 Å². The molecule has 0 aliphatic carbocycles. The molecule has 0 radical (unpaired) electrons. The molecule has 0 amide bonds. The Hall–Kier alpha value is -1.88. The summed E-state index contributed by atoms with van der Waals surface area (Å²) in [6.07, 6.45) is 0. The highest BCUT2D eigenvalue weighted by atomic mass is 35.5. The molecule has 1 aromatic heterocycles. The van der Waals surface area contributed by atoms with E-state index in [1.165, 1.54) is 6.07 Å². The van der Waals surface area contributed by atoms with Crippen LogP contribution >= 0.6 is 11.6 Å². The van der Waals surface area contributed by atoms with Crippen LogP contribution in [0.25, 0.3) is 11.3 Å². The largest absolute Gasteiger partial charge is 0.356 e. The van der Waals surface area contributed by atoms with Gasteiger partial charge in [-0.05, 0) is 6.07 Å². The van der Waals surface area contributed by atoms with Crippen molar-refractivity contribution in [2.75, 3.05) is 0 Å². The molecule has 0 spiro atoms. The Kier molecular flexibility index (Phi) is 2.87. The van der Waals surface area contributed by atoms with Crippen molar-refractivity contribution in [1.29, 1.82) is 0 Å². The topological polar surface area (TPSA) is 69.2 Å². The molecule has 0 saturated carbocycles. The molecule has 2 rings (SSSR count). The van der Waals surface area contributed by atoms with Gasteiger partial charge in [-0.15, -0.1) is 11.6 Å². The van der Waals surface area contributed by atoms with Gasteiger partial charge in [-0.25, -0.2) is 0 Å². The lowest BCUT2D eigenvalue weighted by Crippen LogP contribution is -1.90. The Morgan fingerprint density at radius 1 is 1.44 bits per heavy atom. The summed E-state index contributed by atoms with van der Waals surface area (Å²) in [6, 6.07) is 7.91. The monoisotopic (exact) mass is 238 g/mol. The quantitative estimate of drug-likeness (QED) is 0.468. The lowest BCUT2D eigenvalue weighted by atomic mass is 10.1. The van der Waals surface area contributed by atoms with Gasteiger partial charge >= 0.3 is 0 Å². The first-order valence-electron chi connectivity index (χ1n) is 4.47. The molecule has 0 bridgehead atoms. The van der Waals surface area contributed by atoms with Crippen molar-refractivity contribution in [1.82, 2.24) is 5.16 Å². The molecule has 1 aromatic carbocycles. The van der Waals surface area contributed by atoms with Gasteiger partial charge in [-0.3, -0.25) is 10.1 Å². The highest BCUT2D eigenvalue weighted by Crippen LogP contribution is 2.29. The molecule has 16 heavy (non-hydrogen) atoms. The van der Waals surface area contributed by atoms with Gasteiger partial charge in [-0.1, -0.05) is 17.3 Å². The molecule has 0 N–H and O–H groups in total. The second kappa shape index (κ2) is 4.32. The third-order valence-corrected chi connectivity index (χ3v) is 2.34. The lowest BCUT2D eigenvalue weighted by Gasteiger charge is -1.96. The van der Waals surface area contributed by atoms with Crippen molar-refractivity contribution in [3.63, 3.8) is 0 Å². The van der Waals surface area contributed by atoms with Gasteiger partial charge in [0.2, 0.25) is 0 Å². The number of nitro benzene ring substituents is 1. The van der Waals surface area contributed by atoms with Gasteiger partial charge in [0.1, 0.15) is 0 Å². The molecule has 0 aliphatic rings. The molecule has 5 nitrogen and oxygen atoms in total. The van der Waals surface area contributed by atoms with Crippen LogP contribution in [0, 0.1) is 10.1 Å².